The molecule has 118 valence electrons. The van der Waals surface area contributed by atoms with E-state index in [4.69, 9.17) is 4.74 Å². The van der Waals surface area contributed by atoms with Crippen LogP contribution in [0.2, 0.25) is 0 Å². The monoisotopic (exact) mass is 331 g/mol. The number of ether oxygens (including phenoxy) is 1. The largest absolute Gasteiger partial charge is 0.482 e. The summed E-state index contributed by atoms with van der Waals surface area (Å²) in [6, 6.07) is 5.40. The van der Waals surface area contributed by atoms with Crippen LogP contribution in [-0.4, -0.2) is 44.3 Å². The third-order valence-electron chi connectivity index (χ3n) is 3.62. The van der Waals surface area contributed by atoms with Crippen molar-refractivity contribution < 1.29 is 14.3 Å². The topological polar surface area (TPSA) is 99.0 Å². The van der Waals surface area contributed by atoms with Crippen LogP contribution in [0.25, 0.3) is 0 Å². The fourth-order valence-corrected chi connectivity index (χ4v) is 3.14. The van der Waals surface area contributed by atoms with E-state index in [0.29, 0.717) is 28.2 Å². The van der Waals surface area contributed by atoms with Crippen LogP contribution in [-0.2, 0) is 4.79 Å². The van der Waals surface area contributed by atoms with Gasteiger partial charge in [-0.05, 0) is 41.5 Å². The van der Waals surface area contributed by atoms with Gasteiger partial charge in [-0.25, -0.2) is 4.68 Å². The summed E-state index contributed by atoms with van der Waals surface area (Å²) in [5.74, 6) is 0.537. The average Bonchev–Trinajstić information content (AvgIpc) is 3.30. The molecule has 0 saturated heterocycles. The molecule has 1 aliphatic carbocycles. The number of tetrazole rings is 1. The highest BCUT2D eigenvalue weighted by molar-refractivity contribution is 7.99. The fraction of sp³-hybridized carbons (Fsp3) is 0.357. The van der Waals surface area contributed by atoms with Crippen molar-refractivity contribution in [2.45, 2.75) is 24.0 Å². The Bertz CT molecular complexity index is 786. The normalized spacial score (nSPS) is 16.4. The summed E-state index contributed by atoms with van der Waals surface area (Å²) in [6.45, 7) is -0.0000293. The summed E-state index contributed by atoms with van der Waals surface area (Å²) >= 11 is 1.32. The summed E-state index contributed by atoms with van der Waals surface area (Å²) in [6.07, 6.45) is 2.16. The quantitative estimate of drug-likeness (QED) is 0.651. The lowest BCUT2D eigenvalue weighted by Crippen LogP contribution is -2.25. The molecule has 2 heterocycles. The molecule has 1 aromatic heterocycles. The van der Waals surface area contributed by atoms with Gasteiger partial charge in [-0.1, -0.05) is 11.8 Å². The van der Waals surface area contributed by atoms with Crippen LogP contribution >= 0.6 is 11.8 Å². The van der Waals surface area contributed by atoms with Crippen LogP contribution in [0.4, 0.5) is 5.69 Å². The second-order valence-corrected chi connectivity index (χ2v) is 6.34. The summed E-state index contributed by atoms with van der Waals surface area (Å²) in [7, 11) is 0. The van der Waals surface area contributed by atoms with Crippen molar-refractivity contribution in [3.63, 3.8) is 0 Å². The predicted octanol–water partition coefficient (Wildman–Crippen LogP) is 1.31. The lowest BCUT2D eigenvalue weighted by Gasteiger charge is -2.18. The van der Waals surface area contributed by atoms with E-state index in [1.807, 2.05) is 0 Å². The van der Waals surface area contributed by atoms with Crippen molar-refractivity contribution in [3.8, 4) is 5.75 Å². The number of benzene rings is 1. The summed E-state index contributed by atoms with van der Waals surface area (Å²) in [5.41, 5.74) is 1.05. The highest BCUT2D eigenvalue weighted by atomic mass is 32.2. The molecule has 1 fully saturated rings. The minimum Gasteiger partial charge on any atom is -0.482 e. The molecule has 8 nitrogen and oxygen atoms in total. The van der Waals surface area contributed by atoms with E-state index in [2.05, 4.69) is 20.8 Å². The second-order valence-electron chi connectivity index (χ2n) is 5.40. The molecule has 1 aromatic carbocycles. The van der Waals surface area contributed by atoms with Crippen molar-refractivity contribution in [2.24, 2.45) is 0 Å². The number of amides is 1. The van der Waals surface area contributed by atoms with E-state index in [0.717, 1.165) is 12.8 Å². The van der Waals surface area contributed by atoms with Gasteiger partial charge in [0.05, 0.1) is 17.5 Å². The highest BCUT2D eigenvalue weighted by Gasteiger charge is 2.28. The molecule has 9 heteroatoms. The number of carbonyl (C=O) groups excluding carboxylic acids is 2. The number of rotatable bonds is 5. The minimum atomic E-state index is -0.222. The second kappa shape index (κ2) is 5.65. The number of aromatic nitrogens is 4. The van der Waals surface area contributed by atoms with Crippen LogP contribution < -0.4 is 10.1 Å². The number of ketones is 1. The zero-order valence-electron chi connectivity index (χ0n) is 12.1. The van der Waals surface area contributed by atoms with E-state index in [-0.39, 0.29) is 24.1 Å². The molecule has 2 aromatic rings. The maximum atomic E-state index is 12.4. The third kappa shape index (κ3) is 2.91. The molecule has 0 atom stereocenters. The predicted molar refractivity (Wildman–Crippen MR) is 81.7 cm³/mol. The fourth-order valence-electron chi connectivity index (χ4n) is 2.30. The van der Waals surface area contributed by atoms with Gasteiger partial charge in [-0.2, -0.15) is 0 Å². The van der Waals surface area contributed by atoms with E-state index in [1.54, 1.807) is 22.9 Å². The molecule has 0 spiro atoms. The lowest BCUT2D eigenvalue weighted by molar-refractivity contribution is -0.118. The van der Waals surface area contributed by atoms with Gasteiger partial charge in [0.2, 0.25) is 5.16 Å². The van der Waals surface area contributed by atoms with Crippen LogP contribution in [0.3, 0.4) is 0 Å². The van der Waals surface area contributed by atoms with Crippen LogP contribution in [0.1, 0.15) is 29.2 Å². The number of hydrogen-bond donors (Lipinski definition) is 1. The van der Waals surface area contributed by atoms with Gasteiger partial charge >= 0.3 is 0 Å². The van der Waals surface area contributed by atoms with Crippen molar-refractivity contribution in [1.29, 1.82) is 0 Å². The molecular formula is C14H13N5O3S. The van der Waals surface area contributed by atoms with E-state index in [1.165, 1.54) is 11.8 Å². The van der Waals surface area contributed by atoms with Crippen molar-refractivity contribution in [2.75, 3.05) is 17.7 Å². The van der Waals surface area contributed by atoms with Gasteiger partial charge in [0.1, 0.15) is 5.75 Å². The van der Waals surface area contributed by atoms with Gasteiger partial charge in [-0.3, -0.25) is 9.59 Å². The molecular weight excluding hydrogens is 318 g/mol. The van der Waals surface area contributed by atoms with Gasteiger partial charge in [0.25, 0.3) is 5.91 Å². The molecule has 1 amide bonds. The summed E-state index contributed by atoms with van der Waals surface area (Å²) in [4.78, 5) is 23.7. The smallest absolute Gasteiger partial charge is 0.262 e. The number of nitrogens with zero attached hydrogens (tertiary/aromatic N) is 4. The Morgan fingerprint density at radius 1 is 1.43 bits per heavy atom. The maximum Gasteiger partial charge on any atom is 0.262 e. The number of anilines is 1. The molecule has 4 rings (SSSR count). The van der Waals surface area contributed by atoms with Crippen LogP contribution in [0.15, 0.2) is 23.4 Å². The summed E-state index contributed by atoms with van der Waals surface area (Å²) in [5, 5.41) is 14.9. The molecule has 0 radical (unpaired) electrons. The van der Waals surface area contributed by atoms with Gasteiger partial charge in [-0.15, -0.1) is 5.10 Å². The lowest BCUT2D eigenvalue weighted by atomic mass is 10.1. The zero-order valence-corrected chi connectivity index (χ0v) is 12.9. The molecule has 2 aliphatic rings. The van der Waals surface area contributed by atoms with Crippen molar-refractivity contribution in [1.82, 2.24) is 20.2 Å². The van der Waals surface area contributed by atoms with Crippen molar-refractivity contribution >= 4 is 29.1 Å². The van der Waals surface area contributed by atoms with Crippen LogP contribution in [0, 0.1) is 0 Å². The first-order valence-electron chi connectivity index (χ1n) is 7.21. The number of Topliss-reactive ketones (excluding diaryl/α,β-unsaturated/α-hetero) is 1. The molecule has 1 aliphatic heterocycles. The summed E-state index contributed by atoms with van der Waals surface area (Å²) < 4.78 is 7.06. The Morgan fingerprint density at radius 3 is 3.13 bits per heavy atom. The molecule has 0 bridgehead atoms. The van der Waals surface area contributed by atoms with E-state index in [9.17, 15) is 9.59 Å². The molecule has 1 N–H and O–H groups in total. The maximum absolute atomic E-state index is 12.4. The molecule has 23 heavy (non-hydrogen) atoms. The van der Waals surface area contributed by atoms with Gasteiger partial charge in [0.15, 0.2) is 12.4 Å². The average molecular weight is 331 g/mol. The number of thioether (sulfide) groups is 1. The third-order valence-corrected chi connectivity index (χ3v) is 4.56. The Morgan fingerprint density at radius 2 is 2.30 bits per heavy atom. The first-order valence-corrected chi connectivity index (χ1v) is 8.20. The standard InChI is InChI=1S/C14H13N5O3S/c20-11(7-23-14-16-17-18-19(14)9-2-3-9)8-1-4-12-10(5-8)15-13(21)6-22-12/h1,4-5,9H,2-3,6-7H2,(H,15,21). The number of hydrogen-bond acceptors (Lipinski definition) is 7. The Labute approximate surface area is 135 Å². The number of fused-ring (bicyclic) bond motifs is 1. The Hall–Kier alpha value is -2.42. The molecule has 0 unspecified atom stereocenters. The first-order chi connectivity index (χ1) is 11.2. The zero-order chi connectivity index (χ0) is 15.8. The van der Waals surface area contributed by atoms with Crippen LogP contribution in [0.5, 0.6) is 5.75 Å². The van der Waals surface area contributed by atoms with E-state index < -0.39 is 0 Å². The first kappa shape index (κ1) is 14.2. The number of carbonyl (C=O) groups is 2. The minimum absolute atomic E-state index is 0.0000293. The highest BCUT2D eigenvalue weighted by Crippen LogP contribution is 2.36. The molecule has 1 saturated carbocycles. The van der Waals surface area contributed by atoms with Gasteiger partial charge < -0.3 is 10.1 Å². The Balaban J connectivity index is 1.45. The van der Waals surface area contributed by atoms with Gasteiger partial charge in [0, 0.05) is 5.56 Å². The van der Waals surface area contributed by atoms with Crippen molar-refractivity contribution in [3.05, 3.63) is 23.8 Å². The Kier molecular flexibility index (Phi) is 3.49. The van der Waals surface area contributed by atoms with E-state index >= 15 is 0 Å². The SMILES string of the molecule is O=C1COc2ccc(C(=O)CSc3nnnn3C3CC3)cc2N1. The number of nitrogens with one attached hydrogen (secondary N) is 1.